The van der Waals surface area contributed by atoms with Gasteiger partial charge >= 0.3 is 0 Å². The van der Waals surface area contributed by atoms with Crippen molar-refractivity contribution >= 4 is 28.3 Å². The topological polar surface area (TPSA) is 109 Å². The highest BCUT2D eigenvalue weighted by molar-refractivity contribution is 5.97. The zero-order valence-corrected chi connectivity index (χ0v) is 24.0. The first-order chi connectivity index (χ1) is 19.9. The standard InChI is InChI=1S/C31H40FN7O2/c1-18(33-3)30(40)37-27(20-7-5-4-6-8-20)31(41)38-14-11-26-28(38)24(17-39(26)19(2)29-34-12-13-35-29)23-16-36-25-15-21(32)9-10-22(23)25/h9-10,12-13,15-20,26-28,33,36H,4-8,11,14H2,1-3H3,(H,34,35)(H,37,40). The Labute approximate surface area is 240 Å². The van der Waals surface area contributed by atoms with E-state index < -0.39 is 12.1 Å². The normalized spacial score (nSPS) is 23.4. The summed E-state index contributed by atoms with van der Waals surface area (Å²) in [5.74, 6) is 0.523. The van der Waals surface area contributed by atoms with Gasteiger partial charge in [0, 0.05) is 53.4 Å². The van der Waals surface area contributed by atoms with Crippen molar-refractivity contribution in [3.05, 3.63) is 60.2 Å². The number of rotatable bonds is 8. The van der Waals surface area contributed by atoms with Gasteiger partial charge in [-0.25, -0.2) is 9.37 Å². The Bertz CT molecular complexity index is 1430. The van der Waals surface area contributed by atoms with E-state index in [-0.39, 0.29) is 41.7 Å². The number of carbonyl (C=O) groups excluding carboxylic acids is 2. The van der Waals surface area contributed by atoms with Gasteiger partial charge < -0.3 is 30.4 Å². The van der Waals surface area contributed by atoms with E-state index in [9.17, 15) is 14.0 Å². The van der Waals surface area contributed by atoms with Crippen LogP contribution in [0.15, 0.2) is 43.0 Å². The quantitative estimate of drug-likeness (QED) is 0.331. The third-order valence-electron chi connectivity index (χ3n) is 9.47. The molecule has 10 heteroatoms. The first-order valence-corrected chi connectivity index (χ1v) is 14.9. The van der Waals surface area contributed by atoms with Crippen molar-refractivity contribution in [1.29, 1.82) is 0 Å². The third kappa shape index (κ3) is 5.03. The SMILES string of the molecule is CNC(C)C(=O)NC(C(=O)N1CCC2C1C(c1c[nH]c3cc(F)ccc13)=CN2C(C)c1ncc[nH]1)C1CCCCC1. The predicted molar refractivity (Wildman–Crippen MR) is 156 cm³/mol. The number of fused-ring (bicyclic) bond motifs is 2. The van der Waals surface area contributed by atoms with Crippen LogP contribution in [0.4, 0.5) is 4.39 Å². The first-order valence-electron chi connectivity index (χ1n) is 14.9. The van der Waals surface area contributed by atoms with E-state index in [2.05, 4.69) is 43.6 Å². The van der Waals surface area contributed by atoms with Crippen LogP contribution in [-0.4, -0.2) is 74.3 Å². The number of nitrogens with zero attached hydrogens (tertiary/aromatic N) is 3. The lowest BCUT2D eigenvalue weighted by Crippen LogP contribution is -2.57. The molecule has 41 heavy (non-hydrogen) atoms. The number of nitrogens with one attached hydrogen (secondary N) is 4. The fraction of sp³-hybridized carbons (Fsp3) is 0.516. The predicted octanol–water partition coefficient (Wildman–Crippen LogP) is 4.09. The van der Waals surface area contributed by atoms with Crippen LogP contribution in [-0.2, 0) is 9.59 Å². The van der Waals surface area contributed by atoms with Crippen LogP contribution >= 0.6 is 0 Å². The van der Waals surface area contributed by atoms with Crippen LogP contribution in [0, 0.1) is 11.7 Å². The molecule has 218 valence electrons. The van der Waals surface area contributed by atoms with Crippen LogP contribution in [0.25, 0.3) is 16.5 Å². The third-order valence-corrected chi connectivity index (χ3v) is 9.47. The van der Waals surface area contributed by atoms with Crippen LogP contribution in [0.5, 0.6) is 0 Å². The maximum Gasteiger partial charge on any atom is 0.246 e. The molecule has 6 rings (SSSR count). The molecule has 2 aliphatic heterocycles. The van der Waals surface area contributed by atoms with E-state index in [1.54, 1.807) is 19.3 Å². The average molecular weight is 562 g/mol. The minimum atomic E-state index is -0.563. The average Bonchev–Trinajstić information content (AvgIpc) is 3.79. The Morgan fingerprint density at radius 3 is 2.66 bits per heavy atom. The molecule has 0 radical (unpaired) electrons. The number of imidazole rings is 1. The van der Waals surface area contributed by atoms with Crippen molar-refractivity contribution in [2.45, 2.75) is 82.6 Å². The maximum atomic E-state index is 14.5. The van der Waals surface area contributed by atoms with Crippen molar-refractivity contribution in [2.24, 2.45) is 5.92 Å². The fourth-order valence-corrected chi connectivity index (χ4v) is 7.09. The molecule has 3 aromatic rings. The monoisotopic (exact) mass is 561 g/mol. The van der Waals surface area contributed by atoms with Gasteiger partial charge in [0.2, 0.25) is 11.8 Å². The summed E-state index contributed by atoms with van der Waals surface area (Å²) in [6.45, 7) is 4.54. The molecule has 0 bridgehead atoms. The Morgan fingerprint density at radius 2 is 1.93 bits per heavy atom. The lowest BCUT2D eigenvalue weighted by atomic mass is 9.83. The van der Waals surface area contributed by atoms with Crippen molar-refractivity contribution < 1.29 is 14.0 Å². The lowest BCUT2D eigenvalue weighted by Gasteiger charge is -2.36. The summed E-state index contributed by atoms with van der Waals surface area (Å²) in [5.41, 5.74) is 2.71. The van der Waals surface area contributed by atoms with Gasteiger partial charge in [0.1, 0.15) is 17.7 Å². The summed E-state index contributed by atoms with van der Waals surface area (Å²) in [6.07, 6.45) is 13.6. The number of carbonyl (C=O) groups is 2. The number of H-pyrrole nitrogens is 2. The van der Waals surface area contributed by atoms with E-state index in [0.29, 0.717) is 6.54 Å². The molecule has 2 aromatic heterocycles. The van der Waals surface area contributed by atoms with Crippen molar-refractivity contribution in [3.63, 3.8) is 0 Å². The highest BCUT2D eigenvalue weighted by Crippen LogP contribution is 2.45. The minimum absolute atomic E-state index is 0.00894. The van der Waals surface area contributed by atoms with Gasteiger partial charge in [-0.05, 0) is 64.3 Å². The lowest BCUT2D eigenvalue weighted by molar-refractivity contribution is -0.139. The first kappa shape index (κ1) is 27.5. The molecule has 1 saturated carbocycles. The van der Waals surface area contributed by atoms with E-state index >= 15 is 0 Å². The Balaban J connectivity index is 1.37. The molecular weight excluding hydrogens is 521 g/mol. The molecule has 3 aliphatic rings. The number of benzene rings is 1. The van der Waals surface area contributed by atoms with E-state index in [4.69, 9.17) is 0 Å². The molecule has 5 unspecified atom stereocenters. The molecular formula is C31H40FN7O2. The largest absolute Gasteiger partial charge is 0.362 e. The number of hydrogen-bond donors (Lipinski definition) is 4. The summed E-state index contributed by atoms with van der Waals surface area (Å²) in [7, 11) is 1.75. The van der Waals surface area contributed by atoms with Gasteiger partial charge in [0.05, 0.1) is 24.2 Å². The summed E-state index contributed by atoms with van der Waals surface area (Å²) in [5, 5.41) is 7.07. The Morgan fingerprint density at radius 1 is 1.12 bits per heavy atom. The molecule has 5 atom stereocenters. The maximum absolute atomic E-state index is 14.5. The molecule has 1 saturated heterocycles. The minimum Gasteiger partial charge on any atom is -0.362 e. The second-order valence-electron chi connectivity index (χ2n) is 11.8. The zero-order chi connectivity index (χ0) is 28.7. The zero-order valence-electron chi connectivity index (χ0n) is 24.0. The molecule has 1 aliphatic carbocycles. The Hall–Kier alpha value is -3.66. The van der Waals surface area contributed by atoms with Crippen LogP contribution in [0.1, 0.15) is 69.8 Å². The molecule has 4 heterocycles. The summed E-state index contributed by atoms with van der Waals surface area (Å²) < 4.78 is 14.0. The number of likely N-dealkylation sites (tertiary alicyclic amines) is 1. The van der Waals surface area contributed by atoms with E-state index in [1.807, 2.05) is 24.2 Å². The molecule has 1 aromatic carbocycles. The van der Waals surface area contributed by atoms with Crippen LogP contribution < -0.4 is 10.6 Å². The van der Waals surface area contributed by atoms with Gasteiger partial charge in [0.25, 0.3) is 0 Å². The number of hydrogen-bond acceptors (Lipinski definition) is 5. The van der Waals surface area contributed by atoms with Gasteiger partial charge in [-0.2, -0.15) is 0 Å². The molecule has 2 fully saturated rings. The summed E-state index contributed by atoms with van der Waals surface area (Å²) in [4.78, 5) is 42.9. The number of halogens is 1. The smallest absolute Gasteiger partial charge is 0.246 e. The van der Waals surface area contributed by atoms with Crippen molar-refractivity contribution in [2.75, 3.05) is 13.6 Å². The number of aromatic amines is 2. The van der Waals surface area contributed by atoms with E-state index in [1.165, 1.54) is 18.6 Å². The van der Waals surface area contributed by atoms with Crippen molar-refractivity contribution in [3.8, 4) is 0 Å². The highest BCUT2D eigenvalue weighted by atomic mass is 19.1. The second kappa shape index (κ2) is 11.3. The Kier molecular flexibility index (Phi) is 7.59. The van der Waals surface area contributed by atoms with E-state index in [0.717, 1.165) is 60.0 Å². The van der Waals surface area contributed by atoms with Gasteiger partial charge in [-0.15, -0.1) is 0 Å². The van der Waals surface area contributed by atoms with Gasteiger partial charge in [-0.3, -0.25) is 9.59 Å². The number of aromatic nitrogens is 3. The second-order valence-corrected chi connectivity index (χ2v) is 11.8. The molecule has 0 spiro atoms. The van der Waals surface area contributed by atoms with Crippen LogP contribution in [0.3, 0.4) is 0 Å². The van der Waals surface area contributed by atoms with Crippen LogP contribution in [0.2, 0.25) is 0 Å². The fourth-order valence-electron chi connectivity index (χ4n) is 7.09. The van der Waals surface area contributed by atoms with Crippen molar-refractivity contribution in [1.82, 2.24) is 35.4 Å². The van der Waals surface area contributed by atoms with Gasteiger partial charge in [0.15, 0.2) is 0 Å². The summed E-state index contributed by atoms with van der Waals surface area (Å²) in [6, 6.07) is 3.65. The molecule has 2 amide bonds. The molecule has 4 N–H and O–H groups in total. The number of amides is 2. The molecule has 9 nitrogen and oxygen atoms in total. The summed E-state index contributed by atoms with van der Waals surface area (Å²) >= 11 is 0. The number of likely N-dealkylation sites (N-methyl/N-ethyl adjacent to an activating group) is 1. The highest BCUT2D eigenvalue weighted by Gasteiger charge is 2.50. The van der Waals surface area contributed by atoms with Gasteiger partial charge in [-0.1, -0.05) is 19.3 Å².